The lowest BCUT2D eigenvalue weighted by Crippen LogP contribution is -2.35. The highest BCUT2D eigenvalue weighted by Gasteiger charge is 2.25. The molecule has 0 unspecified atom stereocenters. The first-order valence-electron chi connectivity index (χ1n) is 11.7. The summed E-state index contributed by atoms with van der Waals surface area (Å²) in [6, 6.07) is 2.08. The van der Waals surface area contributed by atoms with Crippen molar-refractivity contribution in [2.24, 2.45) is 0 Å². The van der Waals surface area contributed by atoms with Crippen LogP contribution in [0.3, 0.4) is 0 Å². The molecule has 2 aromatic heterocycles. The number of hydrogen-bond donors (Lipinski definition) is 4. The largest absolute Gasteiger partial charge is 0.389 e. The number of aryl methyl sites for hydroxylation is 3. The van der Waals surface area contributed by atoms with Gasteiger partial charge < -0.3 is 26.0 Å². The van der Waals surface area contributed by atoms with E-state index in [4.69, 9.17) is 10.5 Å². The van der Waals surface area contributed by atoms with E-state index in [-0.39, 0.29) is 0 Å². The van der Waals surface area contributed by atoms with Crippen molar-refractivity contribution in [1.29, 1.82) is 5.41 Å². The SMILES string of the molecule is CNc1nc(C)cc(N2CCc3c(c(C)nn3CCCCCNCC(C)(C)O)C2)c1C=N. The summed E-state index contributed by atoms with van der Waals surface area (Å²) in [6.07, 6.45) is 5.71. The third-order valence-corrected chi connectivity index (χ3v) is 6.00. The zero-order valence-electron chi connectivity index (χ0n) is 20.3. The maximum absolute atomic E-state index is 9.75. The molecule has 176 valence electrons. The summed E-state index contributed by atoms with van der Waals surface area (Å²) < 4.78 is 2.21. The highest BCUT2D eigenvalue weighted by molar-refractivity contribution is 5.92. The van der Waals surface area contributed by atoms with Crippen molar-refractivity contribution in [3.63, 3.8) is 0 Å². The van der Waals surface area contributed by atoms with Crippen LogP contribution in [0.5, 0.6) is 0 Å². The molecule has 2 aromatic rings. The van der Waals surface area contributed by atoms with Gasteiger partial charge in [-0.3, -0.25) is 4.68 Å². The second-order valence-electron chi connectivity index (χ2n) is 9.39. The Kier molecular flexibility index (Phi) is 7.90. The van der Waals surface area contributed by atoms with Gasteiger partial charge in [-0.05, 0) is 53.1 Å². The normalized spacial score (nSPS) is 13.9. The van der Waals surface area contributed by atoms with E-state index < -0.39 is 5.60 Å². The summed E-state index contributed by atoms with van der Waals surface area (Å²) in [5.41, 5.74) is 5.98. The van der Waals surface area contributed by atoms with E-state index in [0.717, 1.165) is 80.3 Å². The lowest BCUT2D eigenvalue weighted by Gasteiger charge is -2.31. The third-order valence-electron chi connectivity index (χ3n) is 6.00. The first-order valence-corrected chi connectivity index (χ1v) is 11.7. The minimum atomic E-state index is -0.650. The maximum atomic E-state index is 9.75. The summed E-state index contributed by atoms with van der Waals surface area (Å²) >= 11 is 0. The monoisotopic (exact) mass is 441 g/mol. The Labute approximate surface area is 191 Å². The van der Waals surface area contributed by atoms with E-state index in [1.54, 1.807) is 0 Å². The highest BCUT2D eigenvalue weighted by Crippen LogP contribution is 2.31. The van der Waals surface area contributed by atoms with Crippen LogP contribution in [0.15, 0.2) is 6.07 Å². The predicted octanol–water partition coefficient (Wildman–Crippen LogP) is 3.03. The first kappa shape index (κ1) is 24.2. The number of pyridine rings is 1. The van der Waals surface area contributed by atoms with Crippen molar-refractivity contribution >= 4 is 17.7 Å². The van der Waals surface area contributed by atoms with Crippen molar-refractivity contribution in [3.05, 3.63) is 34.3 Å². The van der Waals surface area contributed by atoms with Gasteiger partial charge >= 0.3 is 0 Å². The first-order chi connectivity index (χ1) is 15.2. The summed E-state index contributed by atoms with van der Waals surface area (Å²) in [6.45, 7) is 12.0. The molecule has 8 heteroatoms. The summed E-state index contributed by atoms with van der Waals surface area (Å²) in [4.78, 5) is 6.89. The summed E-state index contributed by atoms with van der Waals surface area (Å²) in [5, 5.41) is 29.0. The summed E-state index contributed by atoms with van der Waals surface area (Å²) in [5.74, 6) is 0.755. The molecular formula is C24H39N7O. The van der Waals surface area contributed by atoms with Gasteiger partial charge in [-0.1, -0.05) is 6.42 Å². The van der Waals surface area contributed by atoms with Gasteiger partial charge in [-0.15, -0.1) is 0 Å². The number of nitrogens with one attached hydrogen (secondary N) is 3. The number of aromatic nitrogens is 3. The Hall–Kier alpha value is -2.45. The van der Waals surface area contributed by atoms with E-state index in [1.165, 1.54) is 17.5 Å². The van der Waals surface area contributed by atoms with Gasteiger partial charge in [0.2, 0.25) is 0 Å². The number of aliphatic hydroxyl groups is 1. The maximum Gasteiger partial charge on any atom is 0.136 e. The molecule has 0 atom stereocenters. The van der Waals surface area contributed by atoms with Crippen molar-refractivity contribution in [2.45, 2.75) is 72.1 Å². The Morgan fingerprint density at radius 2 is 2.03 bits per heavy atom. The van der Waals surface area contributed by atoms with Gasteiger partial charge in [0.1, 0.15) is 5.82 Å². The van der Waals surface area contributed by atoms with Crippen LogP contribution in [0.25, 0.3) is 0 Å². The molecule has 0 radical (unpaired) electrons. The second kappa shape index (κ2) is 10.4. The highest BCUT2D eigenvalue weighted by atomic mass is 16.3. The van der Waals surface area contributed by atoms with Gasteiger partial charge in [-0.25, -0.2) is 4.98 Å². The predicted molar refractivity (Wildman–Crippen MR) is 131 cm³/mol. The molecule has 3 rings (SSSR count). The standard InChI is InChI=1S/C24H39N7O/c1-17-13-22(19(14-25)23(26-5)28-17)30-12-9-21-20(15-30)18(2)29-31(21)11-8-6-7-10-27-16-24(3,4)32/h13-14,25,27,32H,6-12,15-16H2,1-5H3,(H,26,28). The molecule has 0 amide bonds. The van der Waals surface area contributed by atoms with Crippen LogP contribution in [0.1, 0.15) is 61.3 Å². The molecule has 0 saturated heterocycles. The number of unbranched alkanes of at least 4 members (excludes halogenated alkanes) is 2. The fourth-order valence-corrected chi connectivity index (χ4v) is 4.40. The second-order valence-corrected chi connectivity index (χ2v) is 9.39. The van der Waals surface area contributed by atoms with Gasteiger partial charge in [0.25, 0.3) is 0 Å². The van der Waals surface area contributed by atoms with Crippen molar-refractivity contribution < 1.29 is 5.11 Å². The molecule has 0 aromatic carbocycles. The van der Waals surface area contributed by atoms with E-state index in [2.05, 4.69) is 38.2 Å². The number of rotatable bonds is 11. The number of anilines is 2. The lowest BCUT2D eigenvalue weighted by molar-refractivity contribution is 0.0799. The number of hydrogen-bond acceptors (Lipinski definition) is 7. The van der Waals surface area contributed by atoms with E-state index in [9.17, 15) is 5.11 Å². The third kappa shape index (κ3) is 5.86. The van der Waals surface area contributed by atoms with Crippen LogP contribution in [-0.4, -0.2) is 58.4 Å². The molecule has 32 heavy (non-hydrogen) atoms. The molecule has 0 aliphatic carbocycles. The minimum absolute atomic E-state index is 0.627. The zero-order valence-corrected chi connectivity index (χ0v) is 20.3. The lowest BCUT2D eigenvalue weighted by atomic mass is 10.0. The zero-order chi connectivity index (χ0) is 23.3. The van der Waals surface area contributed by atoms with Crippen molar-refractivity contribution in [3.8, 4) is 0 Å². The summed E-state index contributed by atoms with van der Waals surface area (Å²) in [7, 11) is 1.85. The Balaban J connectivity index is 1.61. The smallest absolute Gasteiger partial charge is 0.136 e. The van der Waals surface area contributed by atoms with E-state index in [0.29, 0.717) is 6.54 Å². The van der Waals surface area contributed by atoms with Crippen molar-refractivity contribution in [1.82, 2.24) is 20.1 Å². The molecular weight excluding hydrogens is 402 g/mol. The Morgan fingerprint density at radius 3 is 2.72 bits per heavy atom. The molecule has 0 spiro atoms. The molecule has 0 fully saturated rings. The molecule has 1 aliphatic rings. The number of nitrogens with zero attached hydrogens (tertiary/aromatic N) is 4. The van der Waals surface area contributed by atoms with Gasteiger partial charge in [-0.2, -0.15) is 5.10 Å². The fourth-order valence-electron chi connectivity index (χ4n) is 4.40. The van der Waals surface area contributed by atoms with Gasteiger partial charge in [0.05, 0.1) is 22.5 Å². The molecule has 0 bridgehead atoms. The van der Waals surface area contributed by atoms with Gasteiger partial charge in [0, 0.05) is 62.8 Å². The van der Waals surface area contributed by atoms with Crippen LogP contribution < -0.4 is 15.5 Å². The van der Waals surface area contributed by atoms with Crippen LogP contribution in [0.4, 0.5) is 11.5 Å². The molecule has 8 nitrogen and oxygen atoms in total. The Bertz CT molecular complexity index is 929. The molecule has 3 heterocycles. The van der Waals surface area contributed by atoms with E-state index >= 15 is 0 Å². The molecule has 0 saturated carbocycles. The molecule has 4 N–H and O–H groups in total. The van der Waals surface area contributed by atoms with Crippen LogP contribution in [0, 0.1) is 19.3 Å². The van der Waals surface area contributed by atoms with E-state index in [1.807, 2.05) is 27.8 Å². The van der Waals surface area contributed by atoms with Crippen LogP contribution >= 0.6 is 0 Å². The quantitative estimate of drug-likeness (QED) is 0.316. The minimum Gasteiger partial charge on any atom is -0.389 e. The average Bonchev–Trinajstić information content (AvgIpc) is 3.06. The fraction of sp³-hybridized carbons (Fsp3) is 0.625. The van der Waals surface area contributed by atoms with Gasteiger partial charge in [0.15, 0.2) is 0 Å². The average molecular weight is 442 g/mol. The van der Waals surface area contributed by atoms with Crippen LogP contribution in [0.2, 0.25) is 0 Å². The van der Waals surface area contributed by atoms with Crippen molar-refractivity contribution in [2.75, 3.05) is 36.9 Å². The number of fused-ring (bicyclic) bond motifs is 1. The topological polar surface area (TPSA) is 102 Å². The Morgan fingerprint density at radius 1 is 1.25 bits per heavy atom. The molecule has 1 aliphatic heterocycles. The van der Waals surface area contributed by atoms with Crippen LogP contribution in [-0.2, 0) is 19.5 Å².